The van der Waals surface area contributed by atoms with E-state index in [2.05, 4.69) is 21.4 Å². The summed E-state index contributed by atoms with van der Waals surface area (Å²) in [5, 5.41) is 16.3. The largest absolute Gasteiger partial charge is 0.450 e. The van der Waals surface area contributed by atoms with Gasteiger partial charge < -0.3 is 30.1 Å². The van der Waals surface area contributed by atoms with Gasteiger partial charge in [-0.2, -0.15) is 4.72 Å². The number of aliphatic hydroxyl groups is 1. The molecule has 4 amide bonds. The first-order chi connectivity index (χ1) is 24.5. The highest BCUT2D eigenvalue weighted by molar-refractivity contribution is 7.90. The Kier molecular flexibility index (Phi) is 11.5. The highest BCUT2D eigenvalue weighted by atomic mass is 32.2. The lowest BCUT2D eigenvalue weighted by Gasteiger charge is -2.31. The second kappa shape index (κ2) is 15.7. The number of nitrogens with one attached hydrogen (secondary N) is 3. The molecular formula is C36H53N5O9S. The van der Waals surface area contributed by atoms with Gasteiger partial charge in [-0.3, -0.25) is 14.5 Å². The molecule has 2 saturated carbocycles. The molecule has 2 aliphatic carbocycles. The molecule has 1 aromatic rings. The summed E-state index contributed by atoms with van der Waals surface area (Å²) >= 11 is 0. The van der Waals surface area contributed by atoms with E-state index in [1.54, 1.807) is 4.90 Å². The van der Waals surface area contributed by atoms with Gasteiger partial charge in [0.15, 0.2) is 0 Å². The average Bonchev–Trinajstić information content (AvgIpc) is 3.99. The number of aliphatic hydroxyl groups excluding tert-OH is 1. The first kappa shape index (κ1) is 37.3. The maximum Gasteiger partial charge on any atom is 0.410 e. The summed E-state index contributed by atoms with van der Waals surface area (Å²) in [7, 11) is -3.76. The number of alkyl carbamates (subject to hydrolysis) is 1. The molecule has 1 saturated heterocycles. The number of sulfonamides is 1. The van der Waals surface area contributed by atoms with E-state index in [-0.39, 0.29) is 25.5 Å². The van der Waals surface area contributed by atoms with Gasteiger partial charge in [-0.15, -0.1) is 0 Å². The summed E-state index contributed by atoms with van der Waals surface area (Å²) in [5.41, 5.74) is 2.15. The first-order valence-corrected chi connectivity index (χ1v) is 20.3. The molecule has 5 aliphatic rings. The van der Waals surface area contributed by atoms with E-state index in [0.717, 1.165) is 43.2 Å². The standard InChI is InChI=1S/C36H53N5O9S/c1-3-5-14-29-32(43)41-21-26(18-30(41)31(42)38-36(19-25(36)4-2)33(44)39-51(47,48)27-15-16-27)50-35(46)40-20-24-13-10-12-23(28(24)22-40)11-8-6-7-9-17-49-34(45)37-29/h10,12-13,25-27,29-30,33,39,44H,3-9,11,14-22H2,1-2H3,(H,37,45)(H,38,42)/t25-,26-,29+,30+,33?,36-/m1/s1. The molecule has 0 radical (unpaired) electrons. The van der Waals surface area contributed by atoms with Gasteiger partial charge in [0.25, 0.3) is 0 Å². The van der Waals surface area contributed by atoms with Crippen molar-refractivity contribution in [2.75, 3.05) is 13.2 Å². The molecule has 1 aromatic carbocycles. The van der Waals surface area contributed by atoms with Gasteiger partial charge in [0.2, 0.25) is 21.8 Å². The van der Waals surface area contributed by atoms with E-state index < -0.39 is 69.2 Å². The van der Waals surface area contributed by atoms with E-state index in [1.807, 2.05) is 26.0 Å². The lowest BCUT2D eigenvalue weighted by Crippen LogP contribution is -2.60. The number of hydrogen-bond acceptors (Lipinski definition) is 9. The van der Waals surface area contributed by atoms with Crippen molar-refractivity contribution in [3.05, 3.63) is 34.9 Å². The number of carbonyl (C=O) groups is 4. The molecule has 6 rings (SSSR count). The third-order valence-corrected chi connectivity index (χ3v) is 13.1. The maximum atomic E-state index is 14.2. The quantitative estimate of drug-likeness (QED) is 0.263. The molecule has 3 aliphatic heterocycles. The van der Waals surface area contributed by atoms with Crippen molar-refractivity contribution >= 4 is 34.0 Å². The van der Waals surface area contributed by atoms with Crippen LogP contribution in [0.3, 0.4) is 0 Å². The van der Waals surface area contributed by atoms with Crippen molar-refractivity contribution in [2.24, 2.45) is 5.92 Å². The zero-order valence-electron chi connectivity index (χ0n) is 29.7. The van der Waals surface area contributed by atoms with Crippen molar-refractivity contribution in [1.29, 1.82) is 0 Å². The molecule has 6 atom stereocenters. The number of unbranched alkanes of at least 4 members (excludes halogenated alkanes) is 1. The van der Waals surface area contributed by atoms with Gasteiger partial charge >= 0.3 is 12.2 Å². The second-order valence-corrected chi connectivity index (χ2v) is 16.9. The van der Waals surface area contributed by atoms with Gasteiger partial charge in [0.05, 0.1) is 23.9 Å². The summed E-state index contributed by atoms with van der Waals surface area (Å²) in [5.74, 6) is -1.28. The molecule has 3 fully saturated rings. The molecule has 3 heterocycles. The van der Waals surface area contributed by atoms with Crippen LogP contribution in [0.2, 0.25) is 0 Å². The van der Waals surface area contributed by atoms with Gasteiger partial charge in [-0.1, -0.05) is 64.2 Å². The van der Waals surface area contributed by atoms with E-state index in [9.17, 15) is 32.7 Å². The Labute approximate surface area is 300 Å². The molecule has 4 bridgehead atoms. The minimum absolute atomic E-state index is 0.00291. The molecule has 51 heavy (non-hydrogen) atoms. The predicted molar refractivity (Wildman–Crippen MR) is 186 cm³/mol. The number of cyclic esters (lactones) is 1. The SMILES string of the molecule is CCCC[C@@H]1NC(=O)OCCCCCCc2cccc3c2CN(C3)C(=O)O[C@@H]2C[C@@H](C(=O)N[C@]3(C(O)NS(=O)(=O)C4CC4)C[C@H]3CC)N(C2)C1=O. The van der Waals surface area contributed by atoms with Crippen LogP contribution in [0.4, 0.5) is 9.59 Å². The van der Waals surface area contributed by atoms with Crippen LogP contribution in [-0.2, 0) is 48.6 Å². The molecule has 4 N–H and O–H groups in total. The zero-order valence-corrected chi connectivity index (χ0v) is 30.5. The predicted octanol–water partition coefficient (Wildman–Crippen LogP) is 3.19. The molecular weight excluding hydrogens is 678 g/mol. The number of nitrogens with zero attached hydrogens (tertiary/aromatic N) is 2. The number of hydrogen-bond donors (Lipinski definition) is 4. The smallest absolute Gasteiger partial charge is 0.410 e. The van der Waals surface area contributed by atoms with Crippen molar-refractivity contribution in [1.82, 2.24) is 25.2 Å². The van der Waals surface area contributed by atoms with Crippen LogP contribution in [0.15, 0.2) is 18.2 Å². The Morgan fingerprint density at radius 1 is 1.10 bits per heavy atom. The molecule has 14 nitrogen and oxygen atoms in total. The monoisotopic (exact) mass is 731 g/mol. The van der Waals surface area contributed by atoms with E-state index in [4.69, 9.17) is 9.47 Å². The lowest BCUT2D eigenvalue weighted by molar-refractivity contribution is -0.141. The van der Waals surface area contributed by atoms with Crippen LogP contribution in [-0.4, -0.2) is 95.7 Å². The number of benzene rings is 1. The number of fused-ring (bicyclic) bond motifs is 3. The van der Waals surface area contributed by atoms with E-state index in [0.29, 0.717) is 58.0 Å². The van der Waals surface area contributed by atoms with Crippen LogP contribution in [0.25, 0.3) is 0 Å². The van der Waals surface area contributed by atoms with Crippen molar-refractivity contribution in [2.45, 2.75) is 146 Å². The summed E-state index contributed by atoms with van der Waals surface area (Å²) in [4.78, 5) is 57.9. The number of carbonyl (C=O) groups excluding carboxylic acids is 4. The van der Waals surface area contributed by atoms with Crippen LogP contribution >= 0.6 is 0 Å². The Morgan fingerprint density at radius 2 is 1.86 bits per heavy atom. The van der Waals surface area contributed by atoms with Crippen LogP contribution in [0, 0.1) is 5.92 Å². The molecule has 0 aromatic heterocycles. The van der Waals surface area contributed by atoms with Crippen molar-refractivity contribution < 1.29 is 42.2 Å². The Balaban J connectivity index is 1.24. The first-order valence-electron chi connectivity index (χ1n) is 18.8. The Bertz CT molecular complexity index is 1590. The summed E-state index contributed by atoms with van der Waals surface area (Å²) in [6.07, 6.45) is 4.43. The number of rotatable bonds is 10. The Morgan fingerprint density at radius 3 is 2.59 bits per heavy atom. The van der Waals surface area contributed by atoms with Gasteiger partial charge in [-0.25, -0.2) is 18.0 Å². The topological polar surface area (TPSA) is 184 Å². The summed E-state index contributed by atoms with van der Waals surface area (Å²) < 4.78 is 39.3. The summed E-state index contributed by atoms with van der Waals surface area (Å²) in [6, 6.07) is 4.04. The van der Waals surface area contributed by atoms with Gasteiger partial charge in [0, 0.05) is 19.5 Å². The number of amides is 4. The van der Waals surface area contributed by atoms with Crippen LogP contribution in [0.1, 0.15) is 108 Å². The summed E-state index contributed by atoms with van der Waals surface area (Å²) in [6.45, 7) is 4.83. The minimum atomic E-state index is -3.76. The Hall–Kier alpha value is -3.43. The van der Waals surface area contributed by atoms with Gasteiger partial charge in [-0.05, 0) is 67.6 Å². The highest BCUT2D eigenvalue weighted by Crippen LogP contribution is 2.48. The zero-order chi connectivity index (χ0) is 36.3. The van der Waals surface area contributed by atoms with E-state index >= 15 is 0 Å². The fourth-order valence-electron chi connectivity index (χ4n) is 7.89. The maximum absolute atomic E-state index is 14.2. The van der Waals surface area contributed by atoms with Crippen LogP contribution in [0.5, 0.6) is 0 Å². The fraction of sp³-hybridized carbons (Fsp3) is 0.722. The molecule has 15 heteroatoms. The highest BCUT2D eigenvalue weighted by Gasteiger charge is 2.61. The van der Waals surface area contributed by atoms with E-state index in [1.165, 1.54) is 10.5 Å². The number of ether oxygens (including phenoxy) is 2. The molecule has 0 spiro atoms. The van der Waals surface area contributed by atoms with Gasteiger partial charge in [0.1, 0.15) is 24.4 Å². The number of aryl methyl sites for hydroxylation is 1. The third-order valence-electron chi connectivity index (χ3n) is 11.2. The third kappa shape index (κ3) is 8.46. The lowest BCUT2D eigenvalue weighted by atomic mass is 9.98. The average molecular weight is 732 g/mol. The van der Waals surface area contributed by atoms with Crippen LogP contribution < -0.4 is 15.4 Å². The van der Waals surface area contributed by atoms with Crippen molar-refractivity contribution in [3.63, 3.8) is 0 Å². The minimum Gasteiger partial charge on any atom is -0.450 e. The molecule has 282 valence electrons. The van der Waals surface area contributed by atoms with Crippen molar-refractivity contribution in [3.8, 4) is 0 Å². The second-order valence-electron chi connectivity index (χ2n) is 14.9. The molecule has 1 unspecified atom stereocenters. The fourth-order valence-corrected chi connectivity index (χ4v) is 9.36. The normalized spacial score (nSPS) is 29.5.